The van der Waals surface area contributed by atoms with Crippen LogP contribution in [-0.4, -0.2) is 88.9 Å². The molecule has 20 heteroatoms. The maximum Gasteiger partial charge on any atom is 0.414 e. The molecule has 0 spiro atoms. The van der Waals surface area contributed by atoms with Gasteiger partial charge in [0.05, 0.1) is 4.90 Å². The van der Waals surface area contributed by atoms with Crippen LogP contribution in [0.1, 0.15) is 129 Å². The lowest BCUT2D eigenvalue weighted by molar-refractivity contribution is -0.742. The predicted octanol–water partition coefficient (Wildman–Crippen LogP) is 11.4. The van der Waals surface area contributed by atoms with Crippen LogP contribution in [0, 0.1) is 10.1 Å². The van der Waals surface area contributed by atoms with E-state index < -0.39 is 56.6 Å². The van der Waals surface area contributed by atoms with E-state index in [2.05, 4.69) is 19.1 Å². The van der Waals surface area contributed by atoms with Crippen LogP contribution >= 0.6 is 0 Å². The average molecular weight is 1030 g/mol. The Bertz CT molecular complexity index is 2830. The molecule has 0 bridgehead atoms. The Morgan fingerprint density at radius 3 is 1.33 bits per heavy atom. The number of rotatable bonds is 20. The van der Waals surface area contributed by atoms with E-state index >= 15 is 0 Å². The first kappa shape index (κ1) is 61.0. The first-order valence-corrected chi connectivity index (χ1v) is 24.6. The van der Waals surface area contributed by atoms with Gasteiger partial charge in [-0.05, 0) is 88.7 Å². The molecule has 0 atom stereocenters. The van der Waals surface area contributed by atoms with Crippen molar-refractivity contribution in [1.82, 2.24) is 0 Å². The van der Waals surface area contributed by atoms with E-state index in [0.29, 0.717) is 39.1 Å². The second kappa shape index (κ2) is 32.0. The Labute approximate surface area is 421 Å². The second-order valence-electron chi connectivity index (χ2n) is 16.3. The molecule has 0 saturated carbocycles. The van der Waals surface area contributed by atoms with Crippen molar-refractivity contribution in [2.75, 3.05) is 0 Å². The number of hydrogen-bond acceptors (Lipinski definition) is 11. The van der Waals surface area contributed by atoms with Gasteiger partial charge in [0.25, 0.3) is 15.2 Å². The van der Waals surface area contributed by atoms with Crippen LogP contribution < -0.4 is 0 Å². The minimum atomic E-state index is -4.09. The van der Waals surface area contributed by atoms with Gasteiger partial charge in [-0.1, -0.05) is 149 Å². The summed E-state index contributed by atoms with van der Waals surface area (Å²) in [6, 6.07) is 28.6. The molecule has 0 unspecified atom stereocenters. The molecule has 9 N–H and O–H groups in total. The third-order valence-corrected chi connectivity index (χ3v) is 11.8. The maximum absolute atomic E-state index is 11.6. The second-order valence-corrected chi connectivity index (χ2v) is 17.7. The number of aliphatic carboxylic acids is 3. The number of carboxylic acids is 5. The van der Waals surface area contributed by atoms with Crippen molar-refractivity contribution in [1.29, 1.82) is 0 Å². The van der Waals surface area contributed by atoms with Gasteiger partial charge in [0.2, 0.25) is 0 Å². The highest BCUT2D eigenvalue weighted by atomic mass is 32.2. The van der Waals surface area contributed by atoms with E-state index in [9.17, 15) is 43.2 Å². The van der Waals surface area contributed by atoms with Crippen LogP contribution in [0.3, 0.4) is 0 Å². The lowest BCUT2D eigenvalue weighted by Crippen LogP contribution is -2.09. The van der Waals surface area contributed by atoms with Gasteiger partial charge in [0.1, 0.15) is 22.6 Å². The van der Waals surface area contributed by atoms with Crippen LogP contribution in [0.25, 0.3) is 32.3 Å². The summed E-state index contributed by atoms with van der Waals surface area (Å²) in [5, 5.41) is 81.5. The summed E-state index contributed by atoms with van der Waals surface area (Å²) < 4.78 is 30.5. The van der Waals surface area contributed by atoms with Gasteiger partial charge in [0, 0.05) is 24.0 Å². The Balaban J connectivity index is 0.000000360. The highest BCUT2D eigenvalue weighted by molar-refractivity contribution is 7.85. The van der Waals surface area contributed by atoms with Crippen molar-refractivity contribution in [3.8, 4) is 11.5 Å². The minimum absolute atomic E-state index is 0.0407. The molecule has 0 aliphatic heterocycles. The summed E-state index contributed by atoms with van der Waals surface area (Å²) in [5.41, 5.74) is 0.112. The van der Waals surface area contributed by atoms with E-state index in [1.54, 1.807) is 60.7 Å². The Morgan fingerprint density at radius 2 is 0.932 bits per heavy atom. The average Bonchev–Trinajstić information content (AvgIpc) is 3.33. The summed E-state index contributed by atoms with van der Waals surface area (Å²) in [6.45, 7) is 2.26. The monoisotopic (exact) mass is 1030 g/mol. The van der Waals surface area contributed by atoms with Gasteiger partial charge in [-0.2, -0.15) is 8.42 Å². The fourth-order valence-electron chi connectivity index (χ4n) is 7.36. The van der Waals surface area contributed by atoms with Gasteiger partial charge in [-0.25, -0.2) is 19.2 Å². The number of aromatic carboxylic acids is 2. The Morgan fingerprint density at radius 1 is 0.548 bits per heavy atom. The van der Waals surface area contributed by atoms with Gasteiger partial charge in [0.15, 0.2) is 0 Å². The van der Waals surface area contributed by atoms with Crippen molar-refractivity contribution in [3.05, 3.63) is 148 Å². The molecule has 6 rings (SSSR count). The fourth-order valence-corrected chi connectivity index (χ4v) is 7.87. The molecule has 6 aromatic carbocycles. The first-order chi connectivity index (χ1) is 34.6. The zero-order valence-electron chi connectivity index (χ0n) is 40.1. The number of phenols is 2. The van der Waals surface area contributed by atoms with Crippen molar-refractivity contribution >= 4 is 72.3 Å². The lowest BCUT2D eigenvalue weighted by atomic mass is 9.90. The molecule has 0 amide bonds. The largest absolute Gasteiger partial charge is 0.507 e. The first-order valence-electron chi connectivity index (χ1n) is 23.2. The number of nitrogens with zero attached hydrogens (tertiary/aromatic N) is 1. The van der Waals surface area contributed by atoms with Gasteiger partial charge in [-0.3, -0.25) is 9.35 Å². The highest BCUT2D eigenvalue weighted by Gasteiger charge is 2.22. The van der Waals surface area contributed by atoms with E-state index in [0.717, 1.165) is 23.6 Å². The third kappa shape index (κ3) is 22.3. The van der Waals surface area contributed by atoms with Crippen LogP contribution in [0.15, 0.2) is 120 Å². The molecule has 0 saturated heterocycles. The van der Waals surface area contributed by atoms with Crippen LogP contribution in [-0.2, 0) is 30.9 Å². The quantitative estimate of drug-likeness (QED) is 0.00856. The zero-order valence-corrected chi connectivity index (χ0v) is 40.9. The van der Waals surface area contributed by atoms with Crippen molar-refractivity contribution in [2.45, 2.75) is 108 Å². The number of unbranched alkanes of at least 4 members (excludes halogenated alkanes) is 11. The standard InChI is InChI=1S/C23H16O6.C18H34O2.C10H8O3S.C2H2O4.HNO3/c24-20-16(14-7-3-1-5-12(14)9-18(20)22(26)27)11-17-15-8-4-2-6-13(15)10-19(21(17)25)23(28)29;1-2-3-4-5-6-7-8-9-10-11-12-13-14-15-16-17-18(19)20;11-14(12,13)10-6-5-8-3-1-2-4-9(8)7-10;3-1(4)2(5)6;2-1(3)4/h1-10,24-25H,11H2,(H,26,27)(H,28,29);9-10H,2-8,11-17H2,1H3,(H,19,20);1-7H,(H,11,12,13);(H,3,4)(H,5,6);(H,2,3,4)/b;10-9-;;;. The fraction of sp³-hybridized carbons (Fsp3) is 0.302. The minimum Gasteiger partial charge on any atom is -0.507 e. The molecule has 0 aromatic heterocycles. The number of aromatic hydroxyl groups is 2. The molecule has 392 valence electrons. The third-order valence-electron chi connectivity index (χ3n) is 10.9. The number of hydrogen-bond donors (Lipinski definition) is 9. The normalized spacial score (nSPS) is 10.7. The van der Waals surface area contributed by atoms with E-state index in [4.69, 9.17) is 44.8 Å². The predicted molar refractivity (Wildman–Crippen MR) is 273 cm³/mol. The summed E-state index contributed by atoms with van der Waals surface area (Å²) >= 11 is 0. The maximum atomic E-state index is 11.6. The molecule has 0 radical (unpaired) electrons. The van der Waals surface area contributed by atoms with Gasteiger partial charge < -0.3 is 41.0 Å². The highest BCUT2D eigenvalue weighted by Crippen LogP contribution is 2.39. The van der Waals surface area contributed by atoms with Crippen LogP contribution in [0.2, 0.25) is 0 Å². The summed E-state index contributed by atoms with van der Waals surface area (Å²) in [5.74, 6) is -7.67. The number of fused-ring (bicyclic) bond motifs is 3. The summed E-state index contributed by atoms with van der Waals surface area (Å²) in [6.07, 6.45) is 21.2. The number of carbonyl (C=O) groups is 5. The SMILES string of the molecule is CCCCCCCC/C=C\CCCCCCCC(=O)O.O=C(O)C(=O)O.O=C(O)c1cc2ccccc2c(Cc2c(O)c(C(=O)O)cc3ccccc23)c1O.O=S(=O)(O)c1ccc2ccccc2c1.O=[N+]([O-])O. The number of allylic oxidation sites excluding steroid dienone is 2. The van der Waals surface area contributed by atoms with Gasteiger partial charge >= 0.3 is 29.8 Å². The molecule has 0 fully saturated rings. The number of carboxylic acid groups (broad SMARTS) is 5. The zero-order chi connectivity index (χ0) is 54.5. The van der Waals surface area contributed by atoms with Crippen molar-refractivity contribution < 1.29 is 83.0 Å². The summed E-state index contributed by atoms with van der Waals surface area (Å²) in [7, 11) is -4.09. The Kier molecular flexibility index (Phi) is 26.7. The summed E-state index contributed by atoms with van der Waals surface area (Å²) in [4.78, 5) is 60.0. The van der Waals surface area contributed by atoms with E-state index in [1.807, 2.05) is 18.2 Å². The van der Waals surface area contributed by atoms with Crippen molar-refractivity contribution in [2.24, 2.45) is 0 Å². The molecule has 0 heterocycles. The van der Waals surface area contributed by atoms with E-state index in [-0.39, 0.29) is 22.4 Å². The lowest BCUT2D eigenvalue weighted by Gasteiger charge is -2.16. The van der Waals surface area contributed by atoms with E-state index in [1.165, 1.54) is 94.9 Å². The molecule has 0 aliphatic rings. The topological polar surface area (TPSA) is 345 Å². The molecular weight excluding hydrogens is 971 g/mol. The molecule has 0 aliphatic carbocycles. The smallest absolute Gasteiger partial charge is 0.414 e. The van der Waals surface area contributed by atoms with Gasteiger partial charge in [-0.15, -0.1) is 10.1 Å². The number of benzene rings is 6. The van der Waals surface area contributed by atoms with Crippen LogP contribution in [0.4, 0.5) is 0 Å². The molecular formula is C53H61NO18S. The molecule has 73 heavy (non-hydrogen) atoms. The molecule has 19 nitrogen and oxygen atoms in total. The van der Waals surface area contributed by atoms with Crippen molar-refractivity contribution in [3.63, 3.8) is 0 Å². The molecule has 6 aromatic rings. The Hall–Kier alpha value is -8.10. The van der Waals surface area contributed by atoms with Crippen LogP contribution in [0.5, 0.6) is 11.5 Å².